The molecule has 3 aliphatic rings. The van der Waals surface area contributed by atoms with Crippen LogP contribution in [0.4, 0.5) is 0 Å². The number of hydrogen-bond donors (Lipinski definition) is 2. The number of benzene rings is 1. The van der Waals surface area contributed by atoms with E-state index in [1.54, 1.807) is 11.8 Å². The molecule has 0 saturated heterocycles. The Kier molecular flexibility index (Phi) is 4.50. The van der Waals surface area contributed by atoms with Crippen LogP contribution in [0.25, 0.3) is 0 Å². The fourth-order valence-corrected chi connectivity index (χ4v) is 7.20. The van der Waals surface area contributed by atoms with E-state index in [1.807, 2.05) is 24.3 Å². The Morgan fingerprint density at radius 1 is 1.11 bits per heavy atom. The maximum atomic E-state index is 13.2. The molecule has 3 aliphatic carbocycles. The van der Waals surface area contributed by atoms with Crippen LogP contribution in [0.3, 0.4) is 0 Å². The van der Waals surface area contributed by atoms with E-state index in [-0.39, 0.29) is 23.2 Å². The Balaban J connectivity index is 1.98. The molecule has 0 heterocycles. The van der Waals surface area contributed by atoms with Crippen LogP contribution >= 0.6 is 27.7 Å². The first-order valence-corrected chi connectivity index (χ1v) is 11.4. The average molecular weight is 449 g/mol. The first-order chi connectivity index (χ1) is 12.9. The minimum Gasteiger partial charge on any atom is -0.369 e. The number of carbonyl (C=O) groups excluding carboxylic acids is 2. The molecule has 6 heteroatoms. The van der Waals surface area contributed by atoms with Gasteiger partial charge in [-0.2, -0.15) is 11.8 Å². The van der Waals surface area contributed by atoms with Gasteiger partial charge in [-0.05, 0) is 59.8 Å². The number of nitrogens with two attached hydrogens (primary N) is 2. The van der Waals surface area contributed by atoms with Crippen molar-refractivity contribution in [2.24, 2.45) is 34.1 Å². The van der Waals surface area contributed by atoms with Crippen LogP contribution in [0, 0.1) is 22.7 Å². The molecule has 144 valence electrons. The summed E-state index contributed by atoms with van der Waals surface area (Å²) in [7, 11) is 0. The zero-order valence-electron chi connectivity index (χ0n) is 15.4. The third-order valence-corrected chi connectivity index (χ3v) is 8.67. The van der Waals surface area contributed by atoms with Crippen molar-refractivity contribution in [1.29, 1.82) is 0 Å². The summed E-state index contributed by atoms with van der Waals surface area (Å²) in [5.41, 5.74) is 11.0. The third kappa shape index (κ3) is 2.23. The van der Waals surface area contributed by atoms with Crippen molar-refractivity contribution in [3.05, 3.63) is 46.5 Å². The number of carbonyl (C=O) groups is 2. The lowest BCUT2D eigenvalue weighted by atomic mass is 9.53. The van der Waals surface area contributed by atoms with E-state index in [1.165, 1.54) is 0 Å². The van der Waals surface area contributed by atoms with Crippen molar-refractivity contribution >= 4 is 39.5 Å². The molecule has 2 saturated carbocycles. The molecule has 1 aromatic carbocycles. The molecule has 1 aromatic rings. The van der Waals surface area contributed by atoms with Gasteiger partial charge in [0.05, 0.1) is 10.8 Å². The summed E-state index contributed by atoms with van der Waals surface area (Å²) in [6.45, 7) is 2.10. The third-order valence-electron chi connectivity index (χ3n) is 7.24. The Morgan fingerprint density at radius 3 is 2.26 bits per heavy atom. The van der Waals surface area contributed by atoms with Crippen molar-refractivity contribution in [2.75, 3.05) is 11.5 Å². The monoisotopic (exact) mass is 448 g/mol. The first-order valence-electron chi connectivity index (χ1n) is 9.50. The minimum atomic E-state index is -1.08. The summed E-state index contributed by atoms with van der Waals surface area (Å²) >= 11 is 5.25. The smallest absolute Gasteiger partial charge is 0.229 e. The second-order valence-corrected chi connectivity index (χ2v) is 10.3. The van der Waals surface area contributed by atoms with Gasteiger partial charge in [0.25, 0.3) is 0 Å². The number of allylic oxidation sites excluding steroid dienone is 2. The van der Waals surface area contributed by atoms with E-state index in [9.17, 15) is 9.59 Å². The van der Waals surface area contributed by atoms with Gasteiger partial charge in [0.2, 0.25) is 11.8 Å². The zero-order chi connectivity index (χ0) is 19.4. The molecular weight excluding hydrogens is 424 g/mol. The quantitative estimate of drug-likeness (QED) is 0.494. The molecule has 27 heavy (non-hydrogen) atoms. The number of rotatable bonds is 7. The van der Waals surface area contributed by atoms with Crippen LogP contribution < -0.4 is 11.5 Å². The minimum absolute atomic E-state index is 0.0129. The molecule has 4 N–H and O–H groups in total. The number of primary amides is 2. The normalized spacial score (nSPS) is 34.9. The zero-order valence-corrected chi connectivity index (χ0v) is 17.8. The van der Waals surface area contributed by atoms with Crippen LogP contribution in [0.2, 0.25) is 0 Å². The summed E-state index contributed by atoms with van der Waals surface area (Å²) in [4.78, 5) is 26.4. The summed E-state index contributed by atoms with van der Waals surface area (Å²) in [6, 6.07) is 7.71. The van der Waals surface area contributed by atoms with Crippen molar-refractivity contribution in [3.8, 4) is 0 Å². The molecule has 4 rings (SSSR count). The lowest BCUT2D eigenvalue weighted by Crippen LogP contribution is -2.62. The van der Waals surface area contributed by atoms with Gasteiger partial charge in [-0.1, -0.05) is 47.1 Å². The maximum Gasteiger partial charge on any atom is 0.229 e. The number of amides is 2. The van der Waals surface area contributed by atoms with Gasteiger partial charge in [0.1, 0.15) is 0 Å². The average Bonchev–Trinajstić information content (AvgIpc) is 3.29. The van der Waals surface area contributed by atoms with Gasteiger partial charge < -0.3 is 11.5 Å². The molecule has 0 aromatic heterocycles. The summed E-state index contributed by atoms with van der Waals surface area (Å²) in [6.07, 6.45) is 6.92. The van der Waals surface area contributed by atoms with Gasteiger partial charge >= 0.3 is 0 Å². The Morgan fingerprint density at radius 2 is 1.74 bits per heavy atom. The molecule has 2 bridgehead atoms. The van der Waals surface area contributed by atoms with Gasteiger partial charge in [-0.15, -0.1) is 0 Å². The van der Waals surface area contributed by atoms with E-state index in [2.05, 4.69) is 35.0 Å². The summed E-state index contributed by atoms with van der Waals surface area (Å²) in [5, 5.41) is 0. The fourth-order valence-electron chi connectivity index (χ4n) is 6.18. The largest absolute Gasteiger partial charge is 0.369 e. The molecule has 4 atom stereocenters. The molecule has 0 radical (unpaired) electrons. The van der Waals surface area contributed by atoms with Gasteiger partial charge in [0, 0.05) is 10.4 Å². The molecule has 2 amide bonds. The number of hydrogen-bond acceptors (Lipinski definition) is 3. The van der Waals surface area contributed by atoms with E-state index < -0.39 is 16.7 Å². The highest BCUT2D eigenvalue weighted by Crippen LogP contribution is 2.80. The van der Waals surface area contributed by atoms with E-state index >= 15 is 0 Å². The van der Waals surface area contributed by atoms with Crippen LogP contribution in [-0.4, -0.2) is 23.3 Å². The van der Waals surface area contributed by atoms with E-state index in [4.69, 9.17) is 11.5 Å². The van der Waals surface area contributed by atoms with Crippen molar-refractivity contribution < 1.29 is 9.59 Å². The summed E-state index contributed by atoms with van der Waals surface area (Å²) in [5.74, 6) is 0.871. The topological polar surface area (TPSA) is 86.2 Å². The van der Waals surface area contributed by atoms with E-state index in [0.717, 1.165) is 34.4 Å². The predicted molar refractivity (Wildman–Crippen MR) is 112 cm³/mol. The number of halogens is 1. The lowest BCUT2D eigenvalue weighted by Gasteiger charge is -2.48. The van der Waals surface area contributed by atoms with Crippen LogP contribution in [-0.2, 0) is 15.0 Å². The molecule has 0 aliphatic heterocycles. The second kappa shape index (κ2) is 6.38. The highest BCUT2D eigenvalue weighted by atomic mass is 79.9. The molecular formula is C21H25BrN2O2S. The summed E-state index contributed by atoms with van der Waals surface area (Å²) < 4.78 is 0.928. The molecule has 1 spiro atoms. The lowest BCUT2D eigenvalue weighted by molar-refractivity contribution is -0.143. The fraction of sp³-hybridized carbons (Fsp3) is 0.524. The number of thioether (sulfide) groups is 1. The van der Waals surface area contributed by atoms with Crippen molar-refractivity contribution in [1.82, 2.24) is 0 Å². The van der Waals surface area contributed by atoms with Crippen molar-refractivity contribution in [3.63, 3.8) is 0 Å². The maximum absolute atomic E-state index is 13.2. The standard InChI is InChI=1S/C21H25BrN2O2S/c1-2-27-12-11-20(17(23)25)15-7-8-16(19(15)9-10-19)21(20,18(24)26)13-3-5-14(22)6-4-13/h3-8,15-16H,2,9-12H2,1H3,(H2,23,25)(H2,24,26)/t15-,16+,20+,21-/m1/s1. The highest BCUT2D eigenvalue weighted by molar-refractivity contribution is 9.10. The second-order valence-electron chi connectivity index (χ2n) is 8.04. The predicted octanol–water partition coefficient (Wildman–Crippen LogP) is 3.38. The van der Waals surface area contributed by atoms with E-state index in [0.29, 0.717) is 6.42 Å². The Labute approximate surface area is 172 Å². The van der Waals surface area contributed by atoms with Crippen molar-refractivity contribution in [2.45, 2.75) is 31.6 Å². The van der Waals surface area contributed by atoms with Gasteiger partial charge in [-0.3, -0.25) is 9.59 Å². The van der Waals surface area contributed by atoms with Crippen LogP contribution in [0.5, 0.6) is 0 Å². The Hall–Kier alpha value is -1.27. The SMILES string of the molecule is CCSCC[C@@]1(C(N)=O)[C@@H]2C=C[C@@H](C23CC3)[C@@]1(C(N)=O)c1ccc(Br)cc1. The molecule has 2 fully saturated rings. The first kappa shape index (κ1) is 19.1. The molecule has 4 nitrogen and oxygen atoms in total. The van der Waals surface area contributed by atoms with Crippen LogP contribution in [0.1, 0.15) is 31.7 Å². The van der Waals surface area contributed by atoms with Gasteiger partial charge in [-0.25, -0.2) is 0 Å². The Bertz CT molecular complexity index is 820. The van der Waals surface area contributed by atoms with Gasteiger partial charge in [0.15, 0.2) is 0 Å². The molecule has 0 unspecified atom stereocenters. The van der Waals surface area contributed by atoms with Crippen LogP contribution in [0.15, 0.2) is 40.9 Å². The highest BCUT2D eigenvalue weighted by Gasteiger charge is 2.82.